The molecule has 21 heavy (non-hydrogen) atoms. The van der Waals surface area contributed by atoms with Crippen LogP contribution in [0.5, 0.6) is 5.75 Å². The highest BCUT2D eigenvalue weighted by molar-refractivity contribution is 7.10. The van der Waals surface area contributed by atoms with E-state index in [-0.39, 0.29) is 0 Å². The van der Waals surface area contributed by atoms with Gasteiger partial charge in [-0.25, -0.2) is 0 Å². The van der Waals surface area contributed by atoms with E-state index < -0.39 is 0 Å². The first-order valence-corrected chi connectivity index (χ1v) is 7.99. The van der Waals surface area contributed by atoms with Crippen LogP contribution in [0.2, 0.25) is 0 Å². The summed E-state index contributed by atoms with van der Waals surface area (Å²) in [5.74, 6) is 0.931. The smallest absolute Gasteiger partial charge is 0.126 e. The Hall–Kier alpha value is -1.84. The van der Waals surface area contributed by atoms with Gasteiger partial charge >= 0.3 is 0 Å². The number of nitrogens with one attached hydrogen (secondary N) is 1. The molecule has 3 rings (SSSR count). The summed E-state index contributed by atoms with van der Waals surface area (Å²) in [6.45, 7) is 3.06. The number of ether oxygens (including phenoxy) is 1. The molecule has 0 saturated heterocycles. The molecule has 108 valence electrons. The van der Waals surface area contributed by atoms with E-state index in [4.69, 9.17) is 4.74 Å². The highest BCUT2D eigenvalue weighted by Gasteiger charge is 2.09. The third-order valence-electron chi connectivity index (χ3n) is 3.76. The normalized spacial score (nSPS) is 12.5. The number of methoxy groups -OCH3 is 1. The van der Waals surface area contributed by atoms with Gasteiger partial charge in [0.1, 0.15) is 5.75 Å². The summed E-state index contributed by atoms with van der Waals surface area (Å²) in [5.41, 5.74) is 1.30. The Labute approximate surface area is 129 Å². The minimum Gasteiger partial charge on any atom is -0.496 e. The van der Waals surface area contributed by atoms with E-state index in [1.165, 1.54) is 21.2 Å². The Kier molecular flexibility index (Phi) is 4.23. The Balaban J connectivity index is 1.84. The average Bonchev–Trinajstić information content (AvgIpc) is 3.06. The minimum atomic E-state index is 0.367. The second-order valence-corrected chi connectivity index (χ2v) is 6.07. The number of fused-ring (bicyclic) bond motifs is 1. The molecule has 0 unspecified atom stereocenters. The summed E-state index contributed by atoms with van der Waals surface area (Å²) < 4.78 is 5.45. The van der Waals surface area contributed by atoms with Crippen LogP contribution in [0.4, 0.5) is 0 Å². The van der Waals surface area contributed by atoms with Crippen molar-refractivity contribution in [3.05, 3.63) is 64.4 Å². The molecule has 0 bridgehead atoms. The van der Waals surface area contributed by atoms with Gasteiger partial charge in [-0.05, 0) is 35.4 Å². The van der Waals surface area contributed by atoms with Gasteiger partial charge in [-0.1, -0.05) is 36.4 Å². The van der Waals surface area contributed by atoms with Crippen LogP contribution in [-0.2, 0) is 6.54 Å². The zero-order valence-corrected chi connectivity index (χ0v) is 13.1. The van der Waals surface area contributed by atoms with Crippen LogP contribution >= 0.6 is 11.3 Å². The molecule has 3 aromatic rings. The zero-order chi connectivity index (χ0) is 14.7. The first-order chi connectivity index (χ1) is 10.3. The number of rotatable bonds is 5. The van der Waals surface area contributed by atoms with E-state index in [1.54, 1.807) is 18.4 Å². The molecule has 1 heterocycles. The van der Waals surface area contributed by atoms with Gasteiger partial charge in [0.05, 0.1) is 7.11 Å². The van der Waals surface area contributed by atoms with Gasteiger partial charge in [-0.3, -0.25) is 0 Å². The Morgan fingerprint density at radius 2 is 1.86 bits per heavy atom. The molecule has 1 atom stereocenters. The summed E-state index contributed by atoms with van der Waals surface area (Å²) in [6.07, 6.45) is 0. The standard InChI is InChI=1S/C18H19NOS/c1-13(18-8-5-11-21-18)19-12-14-9-10-17(20-2)16-7-4-3-6-15(14)16/h3-11,13,19H,12H2,1-2H3/t13-/m1/s1. The molecule has 0 aliphatic rings. The molecular weight excluding hydrogens is 278 g/mol. The Bertz CT molecular complexity index is 721. The van der Waals surface area contributed by atoms with E-state index in [0.717, 1.165) is 12.3 Å². The maximum absolute atomic E-state index is 5.45. The van der Waals surface area contributed by atoms with Crippen molar-refractivity contribution < 1.29 is 4.74 Å². The number of hydrogen-bond acceptors (Lipinski definition) is 3. The fourth-order valence-corrected chi connectivity index (χ4v) is 3.33. The van der Waals surface area contributed by atoms with Crippen molar-refractivity contribution in [2.45, 2.75) is 19.5 Å². The predicted molar refractivity (Wildman–Crippen MR) is 90.1 cm³/mol. The van der Waals surface area contributed by atoms with Crippen molar-refractivity contribution >= 4 is 22.1 Å². The quantitative estimate of drug-likeness (QED) is 0.733. The summed E-state index contributed by atoms with van der Waals surface area (Å²) >= 11 is 1.79. The highest BCUT2D eigenvalue weighted by atomic mass is 32.1. The van der Waals surface area contributed by atoms with Crippen LogP contribution in [0, 0.1) is 0 Å². The Morgan fingerprint density at radius 3 is 2.57 bits per heavy atom. The number of hydrogen-bond donors (Lipinski definition) is 1. The summed E-state index contributed by atoms with van der Waals surface area (Å²) in [6, 6.07) is 17.2. The third kappa shape index (κ3) is 2.94. The van der Waals surface area contributed by atoms with Crippen LogP contribution in [0.3, 0.4) is 0 Å². The second kappa shape index (κ2) is 6.29. The second-order valence-electron chi connectivity index (χ2n) is 5.09. The monoisotopic (exact) mass is 297 g/mol. The van der Waals surface area contributed by atoms with Crippen molar-refractivity contribution in [2.24, 2.45) is 0 Å². The third-order valence-corrected chi connectivity index (χ3v) is 4.82. The largest absolute Gasteiger partial charge is 0.496 e. The van der Waals surface area contributed by atoms with Gasteiger partial charge in [0, 0.05) is 22.8 Å². The molecular formula is C18H19NOS. The first-order valence-electron chi connectivity index (χ1n) is 7.11. The number of benzene rings is 2. The topological polar surface area (TPSA) is 21.3 Å². The van der Waals surface area contributed by atoms with Crippen LogP contribution in [0.15, 0.2) is 53.9 Å². The molecule has 0 spiro atoms. The lowest BCUT2D eigenvalue weighted by Gasteiger charge is -2.15. The predicted octanol–water partition coefficient (Wildman–Crippen LogP) is 4.76. The molecule has 0 amide bonds. The van der Waals surface area contributed by atoms with Crippen LogP contribution in [-0.4, -0.2) is 7.11 Å². The van der Waals surface area contributed by atoms with Gasteiger partial charge in [0.2, 0.25) is 0 Å². The average molecular weight is 297 g/mol. The lowest BCUT2D eigenvalue weighted by atomic mass is 10.0. The van der Waals surface area contributed by atoms with Crippen molar-refractivity contribution in [3.8, 4) is 5.75 Å². The van der Waals surface area contributed by atoms with Crippen LogP contribution in [0.1, 0.15) is 23.4 Å². The fraction of sp³-hybridized carbons (Fsp3) is 0.222. The molecule has 0 aliphatic carbocycles. The van der Waals surface area contributed by atoms with Crippen molar-refractivity contribution in [3.63, 3.8) is 0 Å². The van der Waals surface area contributed by atoms with E-state index in [1.807, 2.05) is 0 Å². The summed E-state index contributed by atoms with van der Waals surface area (Å²) in [5, 5.41) is 8.14. The molecule has 0 aliphatic heterocycles. The van der Waals surface area contributed by atoms with Crippen molar-refractivity contribution in [2.75, 3.05) is 7.11 Å². The molecule has 1 aromatic heterocycles. The maximum atomic E-state index is 5.45. The lowest BCUT2D eigenvalue weighted by molar-refractivity contribution is 0.419. The molecule has 2 nitrogen and oxygen atoms in total. The molecule has 2 aromatic carbocycles. The Morgan fingerprint density at radius 1 is 1.05 bits per heavy atom. The maximum Gasteiger partial charge on any atom is 0.126 e. The van der Waals surface area contributed by atoms with E-state index in [0.29, 0.717) is 6.04 Å². The molecule has 1 N–H and O–H groups in total. The van der Waals surface area contributed by atoms with Gasteiger partial charge in [0.25, 0.3) is 0 Å². The van der Waals surface area contributed by atoms with Crippen LogP contribution in [0.25, 0.3) is 10.8 Å². The van der Waals surface area contributed by atoms with Crippen LogP contribution < -0.4 is 10.1 Å². The van der Waals surface area contributed by atoms with Crippen molar-refractivity contribution in [1.82, 2.24) is 5.32 Å². The fourth-order valence-electron chi connectivity index (χ4n) is 2.57. The first kappa shape index (κ1) is 14.1. The van der Waals surface area contributed by atoms with E-state index in [2.05, 4.69) is 66.2 Å². The molecule has 0 fully saturated rings. The van der Waals surface area contributed by atoms with Gasteiger partial charge in [-0.15, -0.1) is 11.3 Å². The van der Waals surface area contributed by atoms with Gasteiger partial charge in [-0.2, -0.15) is 0 Å². The molecule has 0 radical (unpaired) electrons. The van der Waals surface area contributed by atoms with Gasteiger partial charge < -0.3 is 10.1 Å². The summed E-state index contributed by atoms with van der Waals surface area (Å²) in [4.78, 5) is 1.37. The molecule has 3 heteroatoms. The molecule has 0 saturated carbocycles. The number of thiophene rings is 1. The van der Waals surface area contributed by atoms with E-state index >= 15 is 0 Å². The highest BCUT2D eigenvalue weighted by Crippen LogP contribution is 2.28. The minimum absolute atomic E-state index is 0.367. The van der Waals surface area contributed by atoms with Gasteiger partial charge in [0.15, 0.2) is 0 Å². The summed E-state index contributed by atoms with van der Waals surface area (Å²) in [7, 11) is 1.72. The van der Waals surface area contributed by atoms with E-state index in [9.17, 15) is 0 Å². The van der Waals surface area contributed by atoms with Crippen molar-refractivity contribution in [1.29, 1.82) is 0 Å². The lowest BCUT2D eigenvalue weighted by Crippen LogP contribution is -2.17. The SMILES string of the molecule is COc1ccc(CN[C@H](C)c2cccs2)c2ccccc12. The zero-order valence-electron chi connectivity index (χ0n) is 12.3.